The van der Waals surface area contributed by atoms with Crippen LogP contribution in [0.4, 0.5) is 4.79 Å². The SMILES string of the molecule is CNC(=O)NC(=O)[C@@H](C)NC1CCCCCCC1. The van der Waals surface area contributed by atoms with Gasteiger partial charge in [0, 0.05) is 13.1 Å². The summed E-state index contributed by atoms with van der Waals surface area (Å²) in [4.78, 5) is 22.8. The van der Waals surface area contributed by atoms with Gasteiger partial charge in [0.15, 0.2) is 0 Å². The Bertz CT molecular complexity index is 273. The van der Waals surface area contributed by atoms with Crippen LogP contribution in [0.15, 0.2) is 0 Å². The minimum absolute atomic E-state index is 0.267. The average molecular weight is 255 g/mol. The van der Waals surface area contributed by atoms with Gasteiger partial charge in [0.25, 0.3) is 0 Å². The number of hydrogen-bond acceptors (Lipinski definition) is 3. The molecule has 0 radical (unpaired) electrons. The first-order chi connectivity index (χ1) is 8.63. The molecule has 0 aromatic carbocycles. The summed E-state index contributed by atoms with van der Waals surface area (Å²) in [6, 6.07) is -0.381. The molecule has 1 rings (SSSR count). The predicted octanol–water partition coefficient (Wildman–Crippen LogP) is 1.53. The van der Waals surface area contributed by atoms with Crippen molar-refractivity contribution in [3.8, 4) is 0 Å². The van der Waals surface area contributed by atoms with Crippen molar-refractivity contribution >= 4 is 11.9 Å². The lowest BCUT2D eigenvalue weighted by molar-refractivity contribution is -0.121. The molecule has 0 aliphatic heterocycles. The Labute approximate surface area is 109 Å². The van der Waals surface area contributed by atoms with Crippen LogP contribution >= 0.6 is 0 Å². The highest BCUT2D eigenvalue weighted by Gasteiger charge is 2.19. The van der Waals surface area contributed by atoms with Gasteiger partial charge < -0.3 is 10.6 Å². The fourth-order valence-electron chi connectivity index (χ4n) is 2.33. The lowest BCUT2D eigenvalue weighted by Gasteiger charge is -2.24. The molecule has 18 heavy (non-hydrogen) atoms. The number of nitrogens with one attached hydrogen (secondary N) is 3. The lowest BCUT2D eigenvalue weighted by Crippen LogP contribution is -2.50. The molecule has 1 aliphatic rings. The first-order valence-electron chi connectivity index (χ1n) is 6.92. The van der Waals surface area contributed by atoms with E-state index >= 15 is 0 Å². The molecule has 0 aromatic rings. The topological polar surface area (TPSA) is 70.2 Å². The summed E-state index contributed by atoms with van der Waals surface area (Å²) < 4.78 is 0. The van der Waals surface area contributed by atoms with Crippen molar-refractivity contribution in [2.45, 2.75) is 64.0 Å². The third-order valence-electron chi connectivity index (χ3n) is 3.45. The van der Waals surface area contributed by atoms with E-state index in [-0.39, 0.29) is 11.9 Å². The molecule has 1 saturated carbocycles. The summed E-state index contributed by atoms with van der Waals surface area (Å²) in [7, 11) is 1.50. The van der Waals surface area contributed by atoms with Crippen molar-refractivity contribution in [1.29, 1.82) is 0 Å². The van der Waals surface area contributed by atoms with Crippen molar-refractivity contribution < 1.29 is 9.59 Å². The molecule has 5 nitrogen and oxygen atoms in total. The maximum Gasteiger partial charge on any atom is 0.321 e. The Morgan fingerprint density at radius 1 is 1.06 bits per heavy atom. The smallest absolute Gasteiger partial charge is 0.321 e. The molecule has 0 unspecified atom stereocenters. The van der Waals surface area contributed by atoms with Gasteiger partial charge in [-0.3, -0.25) is 10.1 Å². The number of urea groups is 1. The van der Waals surface area contributed by atoms with Gasteiger partial charge in [-0.2, -0.15) is 0 Å². The van der Waals surface area contributed by atoms with Gasteiger partial charge in [-0.15, -0.1) is 0 Å². The molecule has 104 valence electrons. The van der Waals surface area contributed by atoms with Gasteiger partial charge >= 0.3 is 6.03 Å². The van der Waals surface area contributed by atoms with E-state index in [0.29, 0.717) is 6.04 Å². The molecule has 1 aliphatic carbocycles. The maximum atomic E-state index is 11.7. The van der Waals surface area contributed by atoms with Gasteiger partial charge in [-0.1, -0.05) is 32.1 Å². The Morgan fingerprint density at radius 3 is 2.17 bits per heavy atom. The number of carbonyl (C=O) groups excluding carboxylic acids is 2. The third kappa shape index (κ3) is 5.49. The maximum absolute atomic E-state index is 11.7. The second kappa shape index (κ2) is 8.08. The Kier molecular flexibility index (Phi) is 6.72. The molecular formula is C13H25N3O2. The van der Waals surface area contributed by atoms with Crippen LogP contribution in [0.1, 0.15) is 51.9 Å². The highest BCUT2D eigenvalue weighted by Crippen LogP contribution is 2.17. The molecule has 0 spiro atoms. The van der Waals surface area contributed by atoms with Gasteiger partial charge in [0.2, 0.25) is 5.91 Å². The number of amides is 3. The zero-order valence-corrected chi connectivity index (χ0v) is 11.4. The minimum atomic E-state index is -0.452. The van der Waals surface area contributed by atoms with Crippen LogP contribution in [0, 0.1) is 0 Å². The Hall–Kier alpha value is -1.10. The predicted molar refractivity (Wildman–Crippen MR) is 71.3 cm³/mol. The van der Waals surface area contributed by atoms with Crippen molar-refractivity contribution in [1.82, 2.24) is 16.0 Å². The Morgan fingerprint density at radius 2 is 1.61 bits per heavy atom. The van der Waals surface area contributed by atoms with Crippen LogP contribution in [0.3, 0.4) is 0 Å². The van der Waals surface area contributed by atoms with Crippen molar-refractivity contribution in [3.05, 3.63) is 0 Å². The number of carbonyl (C=O) groups is 2. The van der Waals surface area contributed by atoms with Gasteiger partial charge in [-0.25, -0.2) is 4.79 Å². The molecule has 0 saturated heterocycles. The fraction of sp³-hybridized carbons (Fsp3) is 0.846. The molecule has 5 heteroatoms. The van der Waals surface area contributed by atoms with Gasteiger partial charge in [0.05, 0.1) is 6.04 Å². The van der Waals surface area contributed by atoms with Crippen LogP contribution in [0.25, 0.3) is 0 Å². The number of rotatable bonds is 3. The molecule has 1 fully saturated rings. The van der Waals surface area contributed by atoms with E-state index in [1.807, 2.05) is 0 Å². The standard InChI is InChI=1S/C13H25N3O2/c1-10(12(17)16-13(18)14-2)15-11-8-6-4-3-5-7-9-11/h10-11,15H,3-9H2,1-2H3,(H2,14,16,17,18)/t10-/m1/s1. The summed E-state index contributed by atoms with van der Waals surface area (Å²) in [6.45, 7) is 1.80. The summed E-state index contributed by atoms with van der Waals surface area (Å²) in [6.07, 6.45) is 8.60. The zero-order chi connectivity index (χ0) is 13.4. The second-order valence-electron chi connectivity index (χ2n) is 5.00. The summed E-state index contributed by atoms with van der Waals surface area (Å²) >= 11 is 0. The largest absolute Gasteiger partial charge is 0.341 e. The first-order valence-corrected chi connectivity index (χ1v) is 6.92. The van der Waals surface area contributed by atoms with Crippen LogP contribution in [-0.2, 0) is 4.79 Å². The average Bonchev–Trinajstić information content (AvgIpc) is 2.31. The molecule has 3 amide bonds. The second-order valence-corrected chi connectivity index (χ2v) is 5.00. The van der Waals surface area contributed by atoms with E-state index in [1.165, 1.54) is 39.2 Å². The summed E-state index contributed by atoms with van der Waals surface area (Å²) in [5, 5.41) is 7.99. The van der Waals surface area contributed by atoms with E-state index in [4.69, 9.17) is 0 Å². The molecular weight excluding hydrogens is 230 g/mol. The van der Waals surface area contributed by atoms with E-state index < -0.39 is 6.03 Å². The molecule has 3 N–H and O–H groups in total. The normalized spacial score (nSPS) is 19.4. The molecule has 1 atom stereocenters. The van der Waals surface area contributed by atoms with Gasteiger partial charge in [0.1, 0.15) is 0 Å². The Balaban J connectivity index is 2.34. The molecule has 0 bridgehead atoms. The fourth-order valence-corrected chi connectivity index (χ4v) is 2.33. The first kappa shape index (κ1) is 15.0. The van der Waals surface area contributed by atoms with E-state index in [9.17, 15) is 9.59 Å². The van der Waals surface area contributed by atoms with Crippen molar-refractivity contribution in [3.63, 3.8) is 0 Å². The quantitative estimate of drug-likeness (QED) is 0.716. The minimum Gasteiger partial charge on any atom is -0.341 e. The molecule has 0 heterocycles. The monoisotopic (exact) mass is 255 g/mol. The van der Waals surface area contributed by atoms with Gasteiger partial charge in [-0.05, 0) is 19.8 Å². The number of imide groups is 1. The zero-order valence-electron chi connectivity index (χ0n) is 11.4. The van der Waals surface area contributed by atoms with Crippen LogP contribution < -0.4 is 16.0 Å². The van der Waals surface area contributed by atoms with Crippen LogP contribution in [0.2, 0.25) is 0 Å². The van der Waals surface area contributed by atoms with Crippen molar-refractivity contribution in [2.24, 2.45) is 0 Å². The van der Waals surface area contributed by atoms with E-state index in [0.717, 1.165) is 12.8 Å². The van der Waals surface area contributed by atoms with Crippen LogP contribution in [-0.4, -0.2) is 31.1 Å². The molecule has 0 aromatic heterocycles. The highest BCUT2D eigenvalue weighted by molar-refractivity contribution is 5.96. The van der Waals surface area contributed by atoms with E-state index in [1.54, 1.807) is 6.92 Å². The highest BCUT2D eigenvalue weighted by atomic mass is 16.2. The van der Waals surface area contributed by atoms with E-state index in [2.05, 4.69) is 16.0 Å². The summed E-state index contributed by atoms with van der Waals surface area (Å²) in [5.41, 5.74) is 0. The summed E-state index contributed by atoms with van der Waals surface area (Å²) in [5.74, 6) is -0.267. The third-order valence-corrected chi connectivity index (χ3v) is 3.45. The van der Waals surface area contributed by atoms with Crippen LogP contribution in [0.5, 0.6) is 0 Å². The van der Waals surface area contributed by atoms with Crippen molar-refractivity contribution in [2.75, 3.05) is 7.05 Å². The lowest BCUT2D eigenvalue weighted by atomic mass is 9.96. The number of hydrogen-bond donors (Lipinski definition) is 3.